The van der Waals surface area contributed by atoms with E-state index < -0.39 is 31.1 Å². The number of H-pyrrole nitrogens is 1. The number of nitrogen functional groups attached to an aromatic ring is 1. The summed E-state index contributed by atoms with van der Waals surface area (Å²) in [6, 6.07) is 0. The average molecular weight is 389 g/mol. The Bertz CT molecular complexity index is 901. The van der Waals surface area contributed by atoms with E-state index in [1.54, 1.807) is 6.20 Å². The van der Waals surface area contributed by atoms with E-state index in [-0.39, 0.29) is 29.6 Å². The third-order valence-electron chi connectivity index (χ3n) is 5.68. The first-order valence-corrected chi connectivity index (χ1v) is 10.0. The van der Waals surface area contributed by atoms with Crippen molar-refractivity contribution in [3.63, 3.8) is 0 Å². The molecule has 0 saturated heterocycles. The van der Waals surface area contributed by atoms with Gasteiger partial charge in [0.2, 0.25) is 5.28 Å². The second-order valence-corrected chi connectivity index (χ2v) is 9.10. The van der Waals surface area contributed by atoms with Crippen LogP contribution in [0.15, 0.2) is 6.20 Å². The lowest BCUT2D eigenvalue weighted by Gasteiger charge is -2.23. The van der Waals surface area contributed by atoms with E-state index in [4.69, 9.17) is 27.1 Å². The Morgan fingerprint density at radius 3 is 2.80 bits per heavy atom. The fourth-order valence-corrected chi connectivity index (χ4v) is 5.30. The molecule has 5 atom stereocenters. The van der Waals surface area contributed by atoms with Gasteiger partial charge in [0.25, 0.3) is 0 Å². The quantitative estimate of drug-likeness (QED) is 0.327. The molecule has 7 N–H and O–H groups in total. The van der Waals surface area contributed by atoms with E-state index in [0.29, 0.717) is 23.0 Å². The highest BCUT2D eigenvalue weighted by Crippen LogP contribution is 2.71. The predicted octanol–water partition coefficient (Wildman–Crippen LogP) is 0.587. The average Bonchev–Trinajstić information content (AvgIpc) is 3.01. The molecule has 2 heterocycles. The number of aromatic amines is 1. The molecule has 136 valence electrons. The van der Waals surface area contributed by atoms with Crippen LogP contribution in [-0.2, 0) is 4.57 Å². The Morgan fingerprint density at radius 2 is 2.12 bits per heavy atom. The van der Waals surface area contributed by atoms with Gasteiger partial charge in [-0.1, -0.05) is 0 Å². The number of hydrogen-bond acceptors (Lipinski definition) is 6. The van der Waals surface area contributed by atoms with Crippen LogP contribution in [0.3, 0.4) is 0 Å². The molecule has 0 amide bonds. The van der Waals surface area contributed by atoms with Gasteiger partial charge in [-0.05, 0) is 30.4 Å². The number of aromatic nitrogens is 3. The summed E-state index contributed by atoms with van der Waals surface area (Å²) in [4.78, 5) is 29.3. The van der Waals surface area contributed by atoms with Crippen LogP contribution in [-0.4, -0.2) is 53.3 Å². The molecule has 2 aromatic rings. The SMILES string of the molecule is Nc1nc(Cl)nc2c([C@H]3[C@H](O)[C@H](O)[C@@]4(CCP(=O)(O)O)C[C@H]34)c[nH]c12. The number of hydrogen-bond donors (Lipinski definition) is 6. The lowest BCUT2D eigenvalue weighted by atomic mass is 9.92. The predicted molar refractivity (Wildman–Crippen MR) is 90.1 cm³/mol. The molecule has 25 heavy (non-hydrogen) atoms. The van der Waals surface area contributed by atoms with E-state index >= 15 is 0 Å². The largest absolute Gasteiger partial charge is 0.390 e. The summed E-state index contributed by atoms with van der Waals surface area (Å²) < 4.78 is 11.2. The highest BCUT2D eigenvalue weighted by atomic mass is 35.5. The summed E-state index contributed by atoms with van der Waals surface area (Å²) in [5.74, 6) is -0.304. The van der Waals surface area contributed by atoms with Gasteiger partial charge in [0.05, 0.1) is 23.9 Å². The first-order valence-electron chi connectivity index (χ1n) is 7.85. The van der Waals surface area contributed by atoms with Crippen molar-refractivity contribution in [2.75, 3.05) is 11.9 Å². The first-order chi connectivity index (χ1) is 11.6. The number of aliphatic hydroxyl groups excluding tert-OH is 2. The molecule has 0 spiro atoms. The van der Waals surface area contributed by atoms with Crippen LogP contribution in [0.25, 0.3) is 11.0 Å². The zero-order valence-corrected chi connectivity index (χ0v) is 14.7. The number of anilines is 1. The Hall–Kier alpha value is -1.22. The van der Waals surface area contributed by atoms with Crippen molar-refractivity contribution >= 4 is 36.0 Å². The minimum Gasteiger partial charge on any atom is -0.390 e. The molecule has 4 rings (SSSR count). The van der Waals surface area contributed by atoms with E-state index in [9.17, 15) is 14.8 Å². The highest BCUT2D eigenvalue weighted by Gasteiger charge is 2.70. The van der Waals surface area contributed by atoms with Gasteiger partial charge < -0.3 is 30.7 Å². The van der Waals surface area contributed by atoms with Gasteiger partial charge in [-0.2, -0.15) is 4.98 Å². The molecule has 9 nitrogen and oxygen atoms in total. The molecule has 0 unspecified atom stereocenters. The Labute approximate surface area is 147 Å². The van der Waals surface area contributed by atoms with Gasteiger partial charge in [-0.25, -0.2) is 4.98 Å². The molecule has 2 fully saturated rings. The van der Waals surface area contributed by atoms with Crippen LogP contribution in [0, 0.1) is 11.3 Å². The molecular weight excluding hydrogens is 371 g/mol. The Kier molecular flexibility index (Phi) is 3.71. The summed E-state index contributed by atoms with van der Waals surface area (Å²) in [6.45, 7) is 0. The lowest BCUT2D eigenvalue weighted by Crippen LogP contribution is -2.33. The molecule has 2 saturated carbocycles. The number of halogens is 1. The number of nitrogens with one attached hydrogen (secondary N) is 1. The molecule has 0 aliphatic heterocycles. The van der Waals surface area contributed by atoms with Crippen molar-refractivity contribution < 1.29 is 24.6 Å². The molecule has 11 heteroatoms. The summed E-state index contributed by atoms with van der Waals surface area (Å²) in [5, 5.41) is 21.1. The minimum absolute atomic E-state index is 0.0116. The van der Waals surface area contributed by atoms with E-state index in [2.05, 4.69) is 15.0 Å². The molecule has 2 aliphatic carbocycles. The van der Waals surface area contributed by atoms with Crippen LogP contribution < -0.4 is 5.73 Å². The van der Waals surface area contributed by atoms with Crippen LogP contribution in [0.4, 0.5) is 5.82 Å². The van der Waals surface area contributed by atoms with Gasteiger partial charge in [0.15, 0.2) is 5.82 Å². The van der Waals surface area contributed by atoms with Crippen molar-refractivity contribution in [1.82, 2.24) is 15.0 Å². The standard InChI is InChI=1S/C14H18ClN4O5P/c15-13-18-8-5(4-17-9(8)12(16)19-13)7-6-3-14(6,11(21)10(7)20)1-2-25(22,23)24/h4,6-7,10-11,17,20-21H,1-3H2,(H2,16,18,19)(H2,22,23,24)/t6-,7-,10+,11+,14+/m1/s1. The van der Waals surface area contributed by atoms with Crippen molar-refractivity contribution in [3.8, 4) is 0 Å². The smallest absolute Gasteiger partial charge is 0.325 e. The monoisotopic (exact) mass is 388 g/mol. The van der Waals surface area contributed by atoms with Crippen molar-refractivity contribution in [2.45, 2.75) is 31.0 Å². The number of nitrogens with zero attached hydrogens (tertiary/aromatic N) is 2. The number of fused-ring (bicyclic) bond motifs is 2. The Morgan fingerprint density at radius 1 is 1.40 bits per heavy atom. The maximum Gasteiger partial charge on any atom is 0.325 e. The van der Waals surface area contributed by atoms with Gasteiger partial charge in [0.1, 0.15) is 5.52 Å². The summed E-state index contributed by atoms with van der Waals surface area (Å²) in [6.07, 6.45) is 0.0187. The van der Waals surface area contributed by atoms with E-state index in [1.165, 1.54) is 0 Å². The second kappa shape index (κ2) is 5.39. The second-order valence-electron chi connectivity index (χ2n) is 6.99. The topological polar surface area (TPSA) is 166 Å². The third kappa shape index (κ3) is 2.58. The number of rotatable bonds is 4. The molecule has 0 bridgehead atoms. The minimum atomic E-state index is -4.17. The van der Waals surface area contributed by atoms with Crippen molar-refractivity contribution in [1.29, 1.82) is 0 Å². The zero-order chi connectivity index (χ0) is 18.1. The molecule has 0 radical (unpaired) electrons. The van der Waals surface area contributed by atoms with Crippen LogP contribution >= 0.6 is 19.2 Å². The van der Waals surface area contributed by atoms with Crippen LogP contribution in [0.2, 0.25) is 5.28 Å². The van der Waals surface area contributed by atoms with Gasteiger partial charge in [0, 0.05) is 23.1 Å². The Balaban J connectivity index is 1.70. The fraction of sp³-hybridized carbons (Fsp3) is 0.571. The summed E-state index contributed by atoms with van der Waals surface area (Å²) >= 11 is 5.88. The molecule has 2 aliphatic rings. The van der Waals surface area contributed by atoms with E-state index in [1.807, 2.05) is 0 Å². The molecular formula is C14H18ClN4O5P. The van der Waals surface area contributed by atoms with Gasteiger partial charge in [-0.3, -0.25) is 4.57 Å². The molecule has 0 aromatic carbocycles. The van der Waals surface area contributed by atoms with E-state index in [0.717, 1.165) is 0 Å². The first kappa shape index (κ1) is 17.2. The van der Waals surface area contributed by atoms with Crippen molar-refractivity contribution in [3.05, 3.63) is 17.0 Å². The number of aliphatic hydroxyl groups is 2. The van der Waals surface area contributed by atoms with Crippen LogP contribution in [0.5, 0.6) is 0 Å². The van der Waals surface area contributed by atoms with Gasteiger partial charge in [-0.15, -0.1) is 0 Å². The maximum atomic E-state index is 11.2. The molecule has 2 aromatic heterocycles. The lowest BCUT2D eigenvalue weighted by molar-refractivity contribution is -0.00972. The fourth-order valence-electron chi connectivity index (χ4n) is 4.41. The summed E-state index contributed by atoms with van der Waals surface area (Å²) in [7, 11) is -4.17. The number of nitrogens with two attached hydrogens (primary N) is 1. The van der Waals surface area contributed by atoms with Crippen LogP contribution in [0.1, 0.15) is 24.3 Å². The normalized spacial score (nSPS) is 34.4. The third-order valence-corrected chi connectivity index (χ3v) is 6.65. The highest BCUT2D eigenvalue weighted by molar-refractivity contribution is 7.51. The zero-order valence-electron chi connectivity index (χ0n) is 13.0. The van der Waals surface area contributed by atoms with Gasteiger partial charge >= 0.3 is 7.60 Å². The summed E-state index contributed by atoms with van der Waals surface area (Å²) in [5.41, 5.74) is 6.84. The van der Waals surface area contributed by atoms with Crippen molar-refractivity contribution in [2.24, 2.45) is 11.3 Å². The maximum absolute atomic E-state index is 11.2.